The summed E-state index contributed by atoms with van der Waals surface area (Å²) < 4.78 is 47.7. The lowest BCUT2D eigenvalue weighted by molar-refractivity contribution is -0.138. The maximum Gasteiger partial charge on any atom is 0.419 e. The van der Waals surface area contributed by atoms with E-state index in [1.807, 2.05) is 44.2 Å². The van der Waals surface area contributed by atoms with Crippen LogP contribution >= 0.6 is 0 Å². The van der Waals surface area contributed by atoms with E-state index in [1.165, 1.54) is 25.9 Å². The minimum atomic E-state index is -4.61. The first-order chi connectivity index (χ1) is 21.0. The Morgan fingerprint density at radius 3 is 2.52 bits per heavy atom. The van der Waals surface area contributed by atoms with E-state index in [2.05, 4.69) is 30.4 Å². The van der Waals surface area contributed by atoms with Crippen LogP contribution in [-0.4, -0.2) is 60.1 Å². The number of aryl methyl sites for hydroxylation is 2. The third-order valence-corrected chi connectivity index (χ3v) is 9.31. The number of carbonyl (C=O) groups is 1. The van der Waals surface area contributed by atoms with Gasteiger partial charge < -0.3 is 25.2 Å². The molecule has 3 aromatic rings. The van der Waals surface area contributed by atoms with Gasteiger partial charge in [-0.2, -0.15) is 13.2 Å². The molecule has 2 saturated heterocycles. The van der Waals surface area contributed by atoms with Crippen LogP contribution in [0.3, 0.4) is 0 Å². The summed E-state index contributed by atoms with van der Waals surface area (Å²) in [5, 5.41) is 5.96. The summed E-state index contributed by atoms with van der Waals surface area (Å²) in [5.41, 5.74) is 2.19. The molecule has 0 unspecified atom stereocenters. The van der Waals surface area contributed by atoms with Gasteiger partial charge in [-0.3, -0.25) is 4.79 Å². The number of nitrogens with one attached hydrogen (secondary N) is 2. The predicted octanol–water partition coefficient (Wildman–Crippen LogP) is 6.33. The number of anilines is 4. The summed E-state index contributed by atoms with van der Waals surface area (Å²) in [4.78, 5) is 25.8. The van der Waals surface area contributed by atoms with Gasteiger partial charge in [0.25, 0.3) is 0 Å². The van der Waals surface area contributed by atoms with E-state index >= 15 is 0 Å². The Bertz CT molecular complexity index is 1530. The first-order valence-corrected chi connectivity index (χ1v) is 15.4. The number of hydrogen-bond donors (Lipinski definition) is 2. The van der Waals surface area contributed by atoms with Crippen LogP contribution in [0.1, 0.15) is 61.9 Å². The Labute approximate surface area is 256 Å². The molecule has 0 aliphatic carbocycles. The Balaban J connectivity index is 1.19. The molecule has 0 radical (unpaired) electrons. The van der Waals surface area contributed by atoms with Crippen molar-refractivity contribution in [2.24, 2.45) is 0 Å². The molecule has 44 heavy (non-hydrogen) atoms. The molecule has 8 nitrogen and oxygen atoms in total. The number of fused-ring (bicyclic) bond motifs is 1. The van der Waals surface area contributed by atoms with Crippen molar-refractivity contribution in [3.05, 3.63) is 65.0 Å². The van der Waals surface area contributed by atoms with Crippen LogP contribution in [0.15, 0.2) is 42.6 Å². The molecule has 0 spiro atoms. The first-order valence-electron chi connectivity index (χ1n) is 15.4. The highest BCUT2D eigenvalue weighted by molar-refractivity contribution is 6.06. The number of rotatable bonds is 8. The van der Waals surface area contributed by atoms with Gasteiger partial charge in [-0.15, -0.1) is 0 Å². The average molecular weight is 609 g/mol. The highest BCUT2D eigenvalue weighted by atomic mass is 19.4. The second-order valence-electron chi connectivity index (χ2n) is 12.4. The maximum absolute atomic E-state index is 14.0. The summed E-state index contributed by atoms with van der Waals surface area (Å²) >= 11 is 0. The second-order valence-corrected chi connectivity index (χ2v) is 12.4. The number of alkyl halides is 3. The Hall–Kier alpha value is -3.86. The molecule has 234 valence electrons. The largest absolute Gasteiger partial charge is 0.494 e. The molecule has 1 aromatic heterocycles. The number of carbonyl (C=O) groups excluding carboxylic acids is 1. The highest BCUT2D eigenvalue weighted by Crippen LogP contribution is 2.41. The smallest absolute Gasteiger partial charge is 0.419 e. The van der Waals surface area contributed by atoms with E-state index in [0.29, 0.717) is 23.2 Å². The van der Waals surface area contributed by atoms with E-state index in [0.717, 1.165) is 48.9 Å². The number of piperidine rings is 1. The molecular weight excluding hydrogens is 569 g/mol. The number of methoxy groups -OCH3 is 1. The molecule has 2 fully saturated rings. The first kappa shape index (κ1) is 30.2. The lowest BCUT2D eigenvalue weighted by Crippen LogP contribution is -2.43. The van der Waals surface area contributed by atoms with E-state index in [9.17, 15) is 18.0 Å². The van der Waals surface area contributed by atoms with Gasteiger partial charge in [0.1, 0.15) is 5.75 Å². The zero-order valence-electron chi connectivity index (χ0n) is 25.4. The molecule has 6 rings (SSSR count). The standard InChI is InChI=1S/C33H39F3N6O2/c1-32(2)29-21(7-6-8-27(29)38-30(32)43)9-11-25-24(33(34,35)36)20-37-31(39-25)40-26-12-10-23(19-28(26)44-3)42-17-13-22(14-18-42)41-15-4-5-16-41/h6-8,10,12,19-20,22H,4-5,9,11,13-18H2,1-3H3,(H,38,43)(H,37,39,40). The number of aromatic nitrogens is 2. The SMILES string of the molecule is COc1cc(N2CCC(N3CCCC3)CC2)ccc1Nc1ncc(C(F)(F)F)c(CCc2cccc3c2C(C)(C)C(=O)N3)n1. The van der Waals surface area contributed by atoms with Gasteiger partial charge in [0, 0.05) is 42.8 Å². The number of nitrogens with zero attached hydrogens (tertiary/aromatic N) is 4. The van der Waals surface area contributed by atoms with Crippen molar-refractivity contribution in [2.75, 3.05) is 48.8 Å². The van der Waals surface area contributed by atoms with Crippen LogP contribution in [0, 0.1) is 0 Å². The Morgan fingerprint density at radius 1 is 1.07 bits per heavy atom. The van der Waals surface area contributed by atoms with E-state index in [-0.39, 0.29) is 30.4 Å². The second kappa shape index (κ2) is 11.9. The van der Waals surface area contributed by atoms with Gasteiger partial charge >= 0.3 is 6.18 Å². The zero-order chi connectivity index (χ0) is 31.1. The lowest BCUT2D eigenvalue weighted by Gasteiger charge is -2.38. The van der Waals surface area contributed by atoms with Crippen molar-refractivity contribution in [1.82, 2.24) is 14.9 Å². The van der Waals surface area contributed by atoms with Gasteiger partial charge in [0.2, 0.25) is 11.9 Å². The van der Waals surface area contributed by atoms with Crippen LogP contribution in [-0.2, 0) is 29.2 Å². The number of amides is 1. The summed E-state index contributed by atoms with van der Waals surface area (Å²) in [6.45, 7) is 7.99. The summed E-state index contributed by atoms with van der Waals surface area (Å²) in [7, 11) is 1.57. The van der Waals surface area contributed by atoms with Gasteiger partial charge in [0.05, 0.1) is 29.5 Å². The van der Waals surface area contributed by atoms with Crippen LogP contribution < -0.4 is 20.3 Å². The van der Waals surface area contributed by atoms with Crippen molar-refractivity contribution >= 4 is 28.9 Å². The maximum atomic E-state index is 14.0. The number of benzene rings is 2. The van der Waals surface area contributed by atoms with Crippen molar-refractivity contribution in [2.45, 2.75) is 70.0 Å². The zero-order valence-corrected chi connectivity index (χ0v) is 25.4. The molecule has 2 aromatic carbocycles. The Kier molecular flexibility index (Phi) is 8.17. The minimum absolute atomic E-state index is 0.0240. The molecule has 3 aliphatic rings. The average Bonchev–Trinajstić information content (AvgIpc) is 3.62. The van der Waals surface area contributed by atoms with E-state index in [4.69, 9.17) is 4.74 Å². The quantitative estimate of drug-likeness (QED) is 0.310. The highest BCUT2D eigenvalue weighted by Gasteiger charge is 2.40. The fourth-order valence-corrected chi connectivity index (χ4v) is 6.90. The van der Waals surface area contributed by atoms with Gasteiger partial charge in [-0.1, -0.05) is 12.1 Å². The fourth-order valence-electron chi connectivity index (χ4n) is 6.90. The topological polar surface area (TPSA) is 82.6 Å². The molecule has 0 saturated carbocycles. The van der Waals surface area contributed by atoms with E-state index < -0.39 is 17.2 Å². The van der Waals surface area contributed by atoms with Crippen molar-refractivity contribution in [3.63, 3.8) is 0 Å². The molecule has 3 aliphatic heterocycles. The van der Waals surface area contributed by atoms with Gasteiger partial charge in [0.15, 0.2) is 0 Å². The number of halogens is 3. The number of hydrogen-bond acceptors (Lipinski definition) is 7. The number of likely N-dealkylation sites (tertiary alicyclic amines) is 1. The van der Waals surface area contributed by atoms with Crippen LogP contribution in [0.2, 0.25) is 0 Å². The van der Waals surface area contributed by atoms with Crippen LogP contribution in [0.5, 0.6) is 5.75 Å². The van der Waals surface area contributed by atoms with Gasteiger partial charge in [-0.05, 0) is 94.8 Å². The van der Waals surface area contributed by atoms with Gasteiger partial charge in [-0.25, -0.2) is 9.97 Å². The molecule has 1 amide bonds. The van der Waals surface area contributed by atoms with Crippen molar-refractivity contribution in [1.29, 1.82) is 0 Å². The minimum Gasteiger partial charge on any atom is -0.494 e. The normalized spacial score (nSPS) is 18.8. The number of ether oxygens (including phenoxy) is 1. The van der Waals surface area contributed by atoms with Crippen LogP contribution in [0.4, 0.5) is 36.2 Å². The third kappa shape index (κ3) is 5.94. The Morgan fingerprint density at radius 2 is 1.82 bits per heavy atom. The van der Waals surface area contributed by atoms with Crippen molar-refractivity contribution in [3.8, 4) is 5.75 Å². The molecular formula is C33H39F3N6O2. The molecule has 4 heterocycles. The predicted molar refractivity (Wildman–Crippen MR) is 165 cm³/mol. The molecule has 0 atom stereocenters. The molecule has 2 N–H and O–H groups in total. The van der Waals surface area contributed by atoms with Crippen molar-refractivity contribution < 1.29 is 22.7 Å². The lowest BCUT2D eigenvalue weighted by atomic mass is 9.82. The molecule has 11 heteroatoms. The summed E-state index contributed by atoms with van der Waals surface area (Å²) in [6, 6.07) is 11.9. The summed E-state index contributed by atoms with van der Waals surface area (Å²) in [6.07, 6.45) is 1.38. The third-order valence-electron chi connectivity index (χ3n) is 9.31. The monoisotopic (exact) mass is 608 g/mol. The fraction of sp³-hybridized carbons (Fsp3) is 0.485. The van der Waals surface area contributed by atoms with E-state index in [1.54, 1.807) is 13.2 Å². The van der Waals surface area contributed by atoms with Crippen LogP contribution in [0.25, 0.3) is 0 Å². The summed E-state index contributed by atoms with van der Waals surface area (Å²) in [5.74, 6) is 0.491. The molecule has 0 bridgehead atoms.